The second-order valence-corrected chi connectivity index (χ2v) is 9.10. The maximum absolute atomic E-state index is 12.8. The Labute approximate surface area is 139 Å². The van der Waals surface area contributed by atoms with Crippen molar-refractivity contribution in [2.24, 2.45) is 5.92 Å². The molecule has 1 saturated carbocycles. The molecule has 0 aliphatic heterocycles. The van der Waals surface area contributed by atoms with Crippen molar-refractivity contribution in [3.05, 3.63) is 30.3 Å². The Balaban J connectivity index is 2.19. The lowest BCUT2D eigenvalue weighted by Gasteiger charge is -2.23. The summed E-state index contributed by atoms with van der Waals surface area (Å²) in [6.07, 6.45) is 1.09. The molecule has 2 rings (SSSR count). The average Bonchev–Trinajstić information content (AvgIpc) is 2.88. The second-order valence-electron chi connectivity index (χ2n) is 5.43. The number of rotatable bonds is 8. The highest BCUT2D eigenvalue weighted by molar-refractivity contribution is 7.86. The van der Waals surface area contributed by atoms with Gasteiger partial charge in [0.1, 0.15) is 11.0 Å². The highest BCUT2D eigenvalue weighted by atomic mass is 32.2. The minimum atomic E-state index is -3.25. The van der Waals surface area contributed by atoms with Gasteiger partial charge in [-0.2, -0.15) is 0 Å². The van der Waals surface area contributed by atoms with Gasteiger partial charge in [-0.25, -0.2) is 0 Å². The van der Waals surface area contributed by atoms with E-state index in [1.165, 1.54) is 0 Å². The first-order valence-corrected chi connectivity index (χ1v) is 10.8. The van der Waals surface area contributed by atoms with Gasteiger partial charge in [-0.3, -0.25) is 13.6 Å². The predicted octanol–water partition coefficient (Wildman–Crippen LogP) is 3.41. The lowest BCUT2D eigenvalue weighted by molar-refractivity contribution is -0.117. The first-order valence-electron chi connectivity index (χ1n) is 7.87. The van der Waals surface area contributed by atoms with Crippen LogP contribution in [0.5, 0.6) is 0 Å². The third-order valence-corrected chi connectivity index (χ3v) is 7.89. The molecule has 1 aromatic rings. The molecule has 0 aromatic heterocycles. The summed E-state index contributed by atoms with van der Waals surface area (Å²) in [5, 5.41) is -0.633. The molecule has 0 heterocycles. The van der Waals surface area contributed by atoms with Crippen molar-refractivity contribution >= 4 is 24.2 Å². The lowest BCUT2D eigenvalue weighted by atomic mass is 10.1. The molecule has 3 unspecified atom stereocenters. The molecular formula is C16H23O5PS. The Kier molecular flexibility index (Phi) is 6.72. The van der Waals surface area contributed by atoms with Crippen LogP contribution in [0, 0.1) is 5.92 Å². The van der Waals surface area contributed by atoms with Gasteiger partial charge in [0.2, 0.25) is 0 Å². The molecule has 0 spiro atoms. The van der Waals surface area contributed by atoms with E-state index in [-0.39, 0.29) is 31.1 Å². The smallest absolute Gasteiger partial charge is 0.309 e. The molecule has 0 N–H and O–H groups in total. The van der Waals surface area contributed by atoms with Crippen LogP contribution >= 0.6 is 7.60 Å². The molecule has 128 valence electrons. The third kappa shape index (κ3) is 4.60. The molecule has 0 radical (unpaired) electrons. The normalized spacial score (nSPS) is 23.1. The van der Waals surface area contributed by atoms with Gasteiger partial charge in [-0.05, 0) is 38.3 Å². The van der Waals surface area contributed by atoms with Gasteiger partial charge in [-0.1, -0.05) is 18.2 Å². The summed E-state index contributed by atoms with van der Waals surface area (Å²) in [6.45, 7) is 4.07. The van der Waals surface area contributed by atoms with Crippen molar-refractivity contribution in [2.45, 2.75) is 36.8 Å². The SMILES string of the molecule is CCOP(=O)(CC1CCC(=O)C1S(=O)c1ccccc1)OCC. The largest absolute Gasteiger partial charge is 0.330 e. The molecule has 3 atom stereocenters. The zero-order valence-electron chi connectivity index (χ0n) is 13.5. The highest BCUT2D eigenvalue weighted by Gasteiger charge is 2.43. The van der Waals surface area contributed by atoms with Gasteiger partial charge in [0.05, 0.1) is 30.2 Å². The first-order chi connectivity index (χ1) is 11.0. The highest BCUT2D eigenvalue weighted by Crippen LogP contribution is 2.52. The van der Waals surface area contributed by atoms with Crippen molar-refractivity contribution in [1.82, 2.24) is 0 Å². The van der Waals surface area contributed by atoms with Gasteiger partial charge >= 0.3 is 7.60 Å². The van der Waals surface area contributed by atoms with Gasteiger partial charge in [0, 0.05) is 11.3 Å². The van der Waals surface area contributed by atoms with Crippen LogP contribution in [0.3, 0.4) is 0 Å². The molecule has 0 bridgehead atoms. The van der Waals surface area contributed by atoms with E-state index < -0.39 is 23.6 Å². The van der Waals surface area contributed by atoms with Crippen LogP contribution in [0.4, 0.5) is 0 Å². The number of hydrogen-bond acceptors (Lipinski definition) is 5. The fraction of sp³-hybridized carbons (Fsp3) is 0.562. The summed E-state index contributed by atoms with van der Waals surface area (Å²) in [5.41, 5.74) is 0. The topological polar surface area (TPSA) is 69.7 Å². The molecule has 0 saturated heterocycles. The average molecular weight is 358 g/mol. The van der Waals surface area contributed by atoms with Crippen LogP contribution < -0.4 is 0 Å². The molecular weight excluding hydrogens is 335 g/mol. The lowest BCUT2D eigenvalue weighted by Crippen LogP contribution is -2.29. The summed E-state index contributed by atoms with van der Waals surface area (Å²) in [7, 11) is -4.69. The van der Waals surface area contributed by atoms with E-state index in [1.54, 1.807) is 38.1 Å². The minimum absolute atomic E-state index is 0.0308. The molecule has 7 heteroatoms. The summed E-state index contributed by atoms with van der Waals surface area (Å²) in [6, 6.07) is 8.94. The Morgan fingerprint density at radius 1 is 1.17 bits per heavy atom. The summed E-state index contributed by atoms with van der Waals surface area (Å²) >= 11 is 0. The number of hydrogen-bond donors (Lipinski definition) is 0. The first kappa shape index (κ1) is 18.5. The zero-order chi connectivity index (χ0) is 16.9. The molecule has 5 nitrogen and oxygen atoms in total. The quantitative estimate of drug-likeness (QED) is 0.666. The van der Waals surface area contributed by atoms with Crippen molar-refractivity contribution < 1.29 is 22.6 Å². The molecule has 1 aliphatic rings. The molecule has 1 fully saturated rings. The maximum Gasteiger partial charge on any atom is 0.330 e. The van der Waals surface area contributed by atoms with Crippen LogP contribution in [0.1, 0.15) is 26.7 Å². The van der Waals surface area contributed by atoms with E-state index >= 15 is 0 Å². The number of carbonyl (C=O) groups excluding carboxylic acids is 1. The van der Waals surface area contributed by atoms with Gasteiger partial charge in [0.25, 0.3) is 0 Å². The van der Waals surface area contributed by atoms with Crippen molar-refractivity contribution in [3.8, 4) is 0 Å². The number of Topliss-reactive ketones (excluding diaryl/α,β-unsaturated/α-hetero) is 1. The Morgan fingerprint density at radius 2 is 1.78 bits per heavy atom. The zero-order valence-corrected chi connectivity index (χ0v) is 15.2. The summed E-state index contributed by atoms with van der Waals surface area (Å²) in [4.78, 5) is 12.9. The van der Waals surface area contributed by atoms with Crippen molar-refractivity contribution in [1.29, 1.82) is 0 Å². The van der Waals surface area contributed by atoms with Crippen LogP contribution in [0.2, 0.25) is 0 Å². The van der Waals surface area contributed by atoms with Crippen molar-refractivity contribution in [3.63, 3.8) is 0 Å². The molecule has 23 heavy (non-hydrogen) atoms. The van der Waals surface area contributed by atoms with Gasteiger partial charge < -0.3 is 9.05 Å². The Bertz CT molecular complexity index is 594. The van der Waals surface area contributed by atoms with E-state index in [9.17, 15) is 13.6 Å². The molecule has 0 amide bonds. The van der Waals surface area contributed by atoms with E-state index in [1.807, 2.05) is 6.07 Å². The maximum atomic E-state index is 12.8. The molecule has 1 aliphatic carbocycles. The van der Waals surface area contributed by atoms with Crippen LogP contribution in [0.25, 0.3) is 0 Å². The fourth-order valence-electron chi connectivity index (χ4n) is 2.89. The fourth-order valence-corrected chi connectivity index (χ4v) is 6.73. The minimum Gasteiger partial charge on any atom is -0.309 e. The number of carbonyl (C=O) groups is 1. The monoisotopic (exact) mass is 358 g/mol. The van der Waals surface area contributed by atoms with Crippen LogP contribution in [-0.2, 0) is 29.2 Å². The second kappa shape index (κ2) is 8.34. The Hall–Kier alpha value is -0.810. The Morgan fingerprint density at radius 3 is 2.35 bits per heavy atom. The predicted molar refractivity (Wildman–Crippen MR) is 90.1 cm³/mol. The number of benzene rings is 1. The van der Waals surface area contributed by atoms with Gasteiger partial charge in [0.15, 0.2) is 0 Å². The summed E-state index contributed by atoms with van der Waals surface area (Å²) < 4.78 is 36.2. The van der Waals surface area contributed by atoms with Crippen molar-refractivity contribution in [2.75, 3.05) is 19.4 Å². The molecule has 1 aromatic carbocycles. The van der Waals surface area contributed by atoms with E-state index in [0.29, 0.717) is 17.7 Å². The van der Waals surface area contributed by atoms with Crippen LogP contribution in [-0.4, -0.2) is 34.6 Å². The third-order valence-electron chi connectivity index (χ3n) is 3.82. The van der Waals surface area contributed by atoms with E-state index in [0.717, 1.165) is 0 Å². The van der Waals surface area contributed by atoms with E-state index in [4.69, 9.17) is 9.05 Å². The summed E-state index contributed by atoms with van der Waals surface area (Å²) in [5.74, 6) is -0.274. The van der Waals surface area contributed by atoms with E-state index in [2.05, 4.69) is 0 Å². The standard InChI is InChI=1S/C16H23O5PS/c1-3-20-22(18,21-4-2)12-13-10-11-15(17)16(13)23(19)14-8-6-5-7-9-14/h5-9,13,16H,3-4,10-12H2,1-2H3. The van der Waals surface area contributed by atoms with Crippen LogP contribution in [0.15, 0.2) is 35.2 Å². The number of ketones is 1. The van der Waals surface area contributed by atoms with Gasteiger partial charge in [-0.15, -0.1) is 0 Å².